The maximum Gasteiger partial charge on any atom is 0.0730 e. The van der Waals surface area contributed by atoms with Gasteiger partial charge in [0.1, 0.15) is 0 Å². The van der Waals surface area contributed by atoms with Crippen LogP contribution in [0.4, 0.5) is 0 Å². The molecule has 0 radical (unpaired) electrons. The van der Waals surface area contributed by atoms with Crippen LogP contribution < -0.4 is 0 Å². The van der Waals surface area contributed by atoms with Crippen LogP contribution in [-0.2, 0) is 0 Å². The van der Waals surface area contributed by atoms with E-state index in [1.807, 2.05) is 6.92 Å². The van der Waals surface area contributed by atoms with Crippen LogP contribution in [0.25, 0.3) is 45.1 Å². The maximum atomic E-state index is 5.26. The minimum Gasteiger partial charge on any atom is -0.341 e. The van der Waals surface area contributed by atoms with Crippen LogP contribution >= 0.6 is 0 Å². The van der Waals surface area contributed by atoms with E-state index in [0.717, 1.165) is 70.7 Å². The summed E-state index contributed by atoms with van der Waals surface area (Å²) in [5.41, 5.74) is 16.0. The topological polar surface area (TPSA) is 21.1 Å². The number of rotatable bonds is 6. The van der Waals surface area contributed by atoms with Gasteiger partial charge in [-0.1, -0.05) is 147 Å². The van der Waals surface area contributed by atoms with Crippen LogP contribution in [0.5, 0.6) is 0 Å². The van der Waals surface area contributed by atoms with Crippen molar-refractivity contribution in [3.05, 3.63) is 222 Å². The monoisotopic (exact) mass is 743 g/mol. The molecule has 1 unspecified atom stereocenters. The third kappa shape index (κ3) is 8.39. The zero-order valence-electron chi connectivity index (χ0n) is 33.8. The molecule has 3 nitrogen and oxygen atoms in total. The van der Waals surface area contributed by atoms with E-state index in [-0.39, 0.29) is 5.92 Å². The van der Waals surface area contributed by atoms with Crippen molar-refractivity contribution in [2.45, 2.75) is 52.9 Å². The highest BCUT2D eigenvalue weighted by molar-refractivity contribution is 5.96. The van der Waals surface area contributed by atoms with Crippen molar-refractivity contribution in [2.75, 3.05) is 6.54 Å². The molecule has 0 fully saturated rings. The fourth-order valence-corrected chi connectivity index (χ4v) is 7.92. The van der Waals surface area contributed by atoms with Gasteiger partial charge in [0.05, 0.1) is 22.6 Å². The van der Waals surface area contributed by atoms with Gasteiger partial charge in [0.25, 0.3) is 0 Å². The number of hydrogen-bond acceptors (Lipinski definition) is 2. The molecule has 1 aliphatic heterocycles. The molecule has 0 bridgehead atoms. The summed E-state index contributed by atoms with van der Waals surface area (Å²) in [6, 6.07) is 22.0. The van der Waals surface area contributed by atoms with E-state index >= 15 is 0 Å². The van der Waals surface area contributed by atoms with Crippen LogP contribution in [0.1, 0.15) is 75.4 Å². The van der Waals surface area contributed by atoms with Gasteiger partial charge in [-0.2, -0.15) is 0 Å². The summed E-state index contributed by atoms with van der Waals surface area (Å²) in [6.07, 6.45) is 42.5. The first-order chi connectivity index (χ1) is 27.9. The molecular weight excluding hydrogens is 691 g/mol. The summed E-state index contributed by atoms with van der Waals surface area (Å²) in [6.45, 7) is 17.2. The van der Waals surface area contributed by atoms with Crippen molar-refractivity contribution >= 4 is 28.1 Å². The zero-order chi connectivity index (χ0) is 39.7. The summed E-state index contributed by atoms with van der Waals surface area (Å²) in [7, 11) is 0. The minimum absolute atomic E-state index is 0.194. The molecule has 3 heterocycles. The highest BCUT2D eigenvalue weighted by atomic mass is 15.1. The van der Waals surface area contributed by atoms with E-state index in [1.165, 1.54) is 39.1 Å². The molecule has 0 spiro atoms. The van der Waals surface area contributed by atoms with Gasteiger partial charge in [-0.05, 0) is 104 Å². The van der Waals surface area contributed by atoms with Crippen molar-refractivity contribution in [1.82, 2.24) is 14.5 Å². The highest BCUT2D eigenvalue weighted by Crippen LogP contribution is 2.40. The summed E-state index contributed by atoms with van der Waals surface area (Å²) in [5.74, 6) is 0.194. The largest absolute Gasteiger partial charge is 0.341 e. The van der Waals surface area contributed by atoms with E-state index in [0.29, 0.717) is 0 Å². The summed E-state index contributed by atoms with van der Waals surface area (Å²) in [5, 5.41) is 1.23. The Labute approximate surface area is 339 Å². The van der Waals surface area contributed by atoms with Crippen molar-refractivity contribution < 1.29 is 0 Å². The van der Waals surface area contributed by atoms with E-state index < -0.39 is 0 Å². The Hall–Kier alpha value is -6.45. The summed E-state index contributed by atoms with van der Waals surface area (Å²) >= 11 is 0. The van der Waals surface area contributed by atoms with Gasteiger partial charge in [-0.25, -0.2) is 4.98 Å². The van der Waals surface area contributed by atoms with Gasteiger partial charge in [-0.3, -0.25) is 0 Å². The third-order valence-corrected chi connectivity index (χ3v) is 10.7. The third-order valence-electron chi connectivity index (χ3n) is 10.7. The van der Waals surface area contributed by atoms with E-state index in [2.05, 4.69) is 207 Å². The van der Waals surface area contributed by atoms with Crippen molar-refractivity contribution in [2.24, 2.45) is 0 Å². The Bertz CT molecular complexity index is 2530. The standard InChI is InChI=1S/C51H47N3.C3H6/c1-5-19-49-38(4)37(3)32-41(25-18-31-53(49)43-26-14-9-15-27-43)42-29-30-45-46-28-17-16-20-36(2)51(46)54(50(45)33-42)44-34-47(39-21-10-6-7-11-22-39)52-48(35-44)40-23-12-8-13-24-40;1-3-2/h5-6,8-14,16-26,28-30,32-36H,3,7,15,27,31H2,1-2,4H3;3H,1H2,2H3/b19-5-,25-18-,41-32+,49-38-;. The lowest BCUT2D eigenvalue weighted by Gasteiger charge is -2.30. The molecule has 8 rings (SSSR count). The van der Waals surface area contributed by atoms with Crippen molar-refractivity contribution in [1.29, 1.82) is 0 Å². The second kappa shape index (κ2) is 18.0. The molecule has 284 valence electrons. The van der Waals surface area contributed by atoms with Crippen LogP contribution in [0.3, 0.4) is 0 Å². The van der Waals surface area contributed by atoms with Crippen LogP contribution in [0.2, 0.25) is 0 Å². The number of benzene rings is 2. The first-order valence-electron chi connectivity index (χ1n) is 20.2. The van der Waals surface area contributed by atoms with Crippen LogP contribution in [0.15, 0.2) is 200 Å². The first-order valence-corrected chi connectivity index (χ1v) is 20.2. The van der Waals surface area contributed by atoms with Crippen molar-refractivity contribution in [3.63, 3.8) is 0 Å². The molecule has 0 N–H and O–H groups in total. The SMILES string of the molecule is C=C1/C=C(c2ccc3c4c(n(-c5cc(C6=CC=CCC=C6)nc(-c6ccccc6)c5)c3c2)C(C)C=CC=C4)\C=C/CN(C2=CC=CCC2)C(/C=C\C)=C\1C.C=CC. The molecule has 1 atom stereocenters. The normalized spacial score (nSPS) is 20.6. The van der Waals surface area contributed by atoms with Gasteiger partial charge >= 0.3 is 0 Å². The fourth-order valence-electron chi connectivity index (χ4n) is 7.92. The number of aromatic nitrogens is 2. The lowest BCUT2D eigenvalue weighted by molar-refractivity contribution is 0.460. The smallest absolute Gasteiger partial charge is 0.0730 e. The second-order valence-corrected chi connectivity index (χ2v) is 14.7. The quantitative estimate of drug-likeness (QED) is 0.183. The average molecular weight is 744 g/mol. The Morgan fingerprint density at radius 2 is 1.60 bits per heavy atom. The highest BCUT2D eigenvalue weighted by Gasteiger charge is 2.24. The molecule has 0 amide bonds. The molecule has 0 saturated heterocycles. The molecule has 57 heavy (non-hydrogen) atoms. The van der Waals surface area contributed by atoms with Gasteiger partial charge in [0.15, 0.2) is 0 Å². The Morgan fingerprint density at radius 1 is 0.807 bits per heavy atom. The zero-order valence-corrected chi connectivity index (χ0v) is 33.8. The van der Waals surface area contributed by atoms with E-state index in [4.69, 9.17) is 4.98 Å². The number of nitrogens with zero attached hydrogens (tertiary/aromatic N) is 3. The lowest BCUT2D eigenvalue weighted by atomic mass is 9.97. The maximum absolute atomic E-state index is 5.26. The fraction of sp³-hybridized carbons (Fsp3) is 0.167. The van der Waals surface area contributed by atoms with Gasteiger partial charge in [-0.15, -0.1) is 6.58 Å². The molecule has 2 aromatic heterocycles. The number of allylic oxidation sites excluding steroid dienone is 21. The summed E-state index contributed by atoms with van der Waals surface area (Å²) in [4.78, 5) is 7.71. The number of pyridine rings is 1. The second-order valence-electron chi connectivity index (χ2n) is 14.7. The molecular formula is C54H53N3. The lowest BCUT2D eigenvalue weighted by Crippen LogP contribution is -2.23. The molecule has 4 aliphatic rings. The molecule has 0 saturated carbocycles. The molecule has 4 aromatic rings. The van der Waals surface area contributed by atoms with Crippen LogP contribution in [-0.4, -0.2) is 21.0 Å². The Morgan fingerprint density at radius 3 is 2.39 bits per heavy atom. The van der Waals surface area contributed by atoms with Gasteiger partial charge in [0, 0.05) is 46.1 Å². The predicted octanol–water partition coefficient (Wildman–Crippen LogP) is 14.4. The van der Waals surface area contributed by atoms with E-state index in [1.54, 1.807) is 6.08 Å². The molecule has 2 aromatic carbocycles. The Balaban J connectivity index is 0.00000160. The van der Waals surface area contributed by atoms with Crippen LogP contribution in [0, 0.1) is 0 Å². The molecule has 3 heteroatoms. The van der Waals surface area contributed by atoms with Gasteiger partial charge < -0.3 is 9.47 Å². The number of fused-ring (bicyclic) bond motifs is 3. The van der Waals surface area contributed by atoms with E-state index in [9.17, 15) is 0 Å². The van der Waals surface area contributed by atoms with Gasteiger partial charge in [0.2, 0.25) is 0 Å². The summed E-state index contributed by atoms with van der Waals surface area (Å²) < 4.78 is 2.49. The predicted molar refractivity (Wildman–Crippen MR) is 247 cm³/mol. The average Bonchev–Trinajstić information content (AvgIpc) is 3.38. The molecule has 3 aliphatic carbocycles. The Kier molecular flexibility index (Phi) is 12.3. The first kappa shape index (κ1) is 38.8. The van der Waals surface area contributed by atoms with Crippen molar-refractivity contribution in [3.8, 4) is 16.9 Å². The minimum atomic E-state index is 0.194. The number of hydrogen-bond donors (Lipinski definition) is 0.